The Balaban J connectivity index is 1.31. The van der Waals surface area contributed by atoms with Crippen LogP contribution < -0.4 is 11.1 Å². The number of carbonyl (C=O) groups is 1. The topological polar surface area (TPSA) is 160 Å². The van der Waals surface area contributed by atoms with Gasteiger partial charge in [0.25, 0.3) is 0 Å². The van der Waals surface area contributed by atoms with E-state index in [0.717, 1.165) is 33.8 Å². The highest BCUT2D eigenvalue weighted by molar-refractivity contribution is 7.21. The number of aliphatic hydroxyl groups excluding tert-OH is 2. The molecule has 12 heteroatoms. The maximum absolute atomic E-state index is 13.1. The van der Waals surface area contributed by atoms with Gasteiger partial charge in [0.1, 0.15) is 22.4 Å². The van der Waals surface area contributed by atoms with Crippen molar-refractivity contribution in [2.45, 2.75) is 50.4 Å². The van der Waals surface area contributed by atoms with Crippen LogP contribution in [0.25, 0.3) is 20.8 Å². The number of thiazole rings is 1. The number of pyridine rings is 1. The van der Waals surface area contributed by atoms with E-state index >= 15 is 0 Å². The summed E-state index contributed by atoms with van der Waals surface area (Å²) in [6.07, 6.45) is 2.01. The zero-order chi connectivity index (χ0) is 25.0. The van der Waals surface area contributed by atoms with Gasteiger partial charge in [0.15, 0.2) is 0 Å². The van der Waals surface area contributed by atoms with Gasteiger partial charge in [0.05, 0.1) is 52.9 Å². The monoisotopic (exact) mass is 511 g/mol. The molecule has 36 heavy (non-hydrogen) atoms. The molecule has 0 radical (unpaired) electrons. The van der Waals surface area contributed by atoms with Crippen molar-refractivity contribution in [2.24, 2.45) is 5.92 Å². The molecule has 4 unspecified atom stereocenters. The van der Waals surface area contributed by atoms with Gasteiger partial charge in [0.2, 0.25) is 11.9 Å². The number of aromatic nitrogens is 4. The molecule has 3 aliphatic rings. The summed E-state index contributed by atoms with van der Waals surface area (Å²) >= 11 is 1.53. The summed E-state index contributed by atoms with van der Waals surface area (Å²) in [5.74, 6) is 0.0962. The number of hydrogen-bond acceptors (Lipinski definition) is 11. The highest BCUT2D eigenvalue weighted by Crippen LogP contribution is 2.44. The first kappa shape index (κ1) is 23.5. The minimum absolute atomic E-state index is 0.0918. The van der Waals surface area contributed by atoms with Crippen LogP contribution in [0, 0.1) is 12.8 Å². The van der Waals surface area contributed by atoms with Crippen LogP contribution in [0.3, 0.4) is 0 Å². The molecule has 3 aromatic rings. The van der Waals surface area contributed by atoms with Crippen LogP contribution >= 0.6 is 11.3 Å². The first-order valence-corrected chi connectivity index (χ1v) is 13.1. The lowest BCUT2D eigenvalue weighted by Crippen LogP contribution is -2.46. The van der Waals surface area contributed by atoms with Crippen molar-refractivity contribution in [3.63, 3.8) is 0 Å². The number of ether oxygens (including phenoxy) is 1. The van der Waals surface area contributed by atoms with Crippen molar-refractivity contribution >= 4 is 39.2 Å². The molecular weight excluding hydrogens is 482 g/mol. The third-order valence-electron chi connectivity index (χ3n) is 7.27. The number of nitrogens with one attached hydrogen (secondary N) is 1. The molecule has 0 aromatic carbocycles. The van der Waals surface area contributed by atoms with Gasteiger partial charge in [-0.2, -0.15) is 4.98 Å². The smallest absolute Gasteiger partial charge is 0.228 e. The molecule has 0 spiro atoms. The molecule has 3 aromatic heterocycles. The fourth-order valence-electron chi connectivity index (χ4n) is 5.21. The fourth-order valence-corrected chi connectivity index (χ4v) is 6.27. The van der Waals surface area contributed by atoms with E-state index in [2.05, 4.69) is 20.3 Å². The first-order chi connectivity index (χ1) is 17.4. The predicted molar refractivity (Wildman–Crippen MR) is 134 cm³/mol. The highest BCUT2D eigenvalue weighted by Gasteiger charge is 2.47. The maximum atomic E-state index is 13.1. The van der Waals surface area contributed by atoms with E-state index in [9.17, 15) is 15.0 Å². The molecule has 4 heterocycles. The van der Waals surface area contributed by atoms with E-state index in [1.807, 2.05) is 19.2 Å². The summed E-state index contributed by atoms with van der Waals surface area (Å²) in [4.78, 5) is 33.0. The molecule has 1 aliphatic heterocycles. The van der Waals surface area contributed by atoms with E-state index in [1.165, 1.54) is 11.3 Å². The molecule has 2 saturated carbocycles. The number of amides is 1. The third-order valence-corrected chi connectivity index (χ3v) is 8.30. The Hall–Kier alpha value is -2.93. The minimum Gasteiger partial charge on any atom is -0.390 e. The van der Waals surface area contributed by atoms with Crippen molar-refractivity contribution in [1.82, 2.24) is 24.8 Å². The third kappa shape index (κ3) is 4.17. The summed E-state index contributed by atoms with van der Waals surface area (Å²) in [6, 6.07) is 1.36. The van der Waals surface area contributed by atoms with Gasteiger partial charge in [-0.3, -0.25) is 9.78 Å². The molecule has 190 valence electrons. The lowest BCUT2D eigenvalue weighted by atomic mass is 10.0. The average Bonchev–Trinajstić information content (AvgIpc) is 3.57. The number of nitrogens with zero attached hydrogens (tertiary/aromatic N) is 5. The van der Waals surface area contributed by atoms with Gasteiger partial charge in [-0.15, -0.1) is 11.3 Å². The number of nitrogens with two attached hydrogens (primary N) is 1. The molecule has 6 rings (SSSR count). The molecule has 1 saturated heterocycles. The van der Waals surface area contributed by atoms with E-state index in [-0.39, 0.29) is 18.3 Å². The second kappa shape index (κ2) is 9.18. The zero-order valence-corrected chi connectivity index (χ0v) is 20.7. The summed E-state index contributed by atoms with van der Waals surface area (Å²) in [5, 5.41) is 25.6. The van der Waals surface area contributed by atoms with Crippen LogP contribution in [0.1, 0.15) is 36.6 Å². The standard InChI is InChI=1S/C24H29N7O4S/c1-11-16(22-29-18-15(36-22)4-5-26-17(18)12-2-3-12)21(30-24(25)27-11)28-14-10-13(19(32)20(14)33)23(34)31-6-8-35-9-7-31/h4-5,12-14,19-20,32-33H,2-3,6-10H2,1H3,(H3,25,27,28,30). The number of aliphatic hydroxyl groups is 2. The predicted octanol–water partition coefficient (Wildman–Crippen LogP) is 1.30. The molecule has 5 N–H and O–H groups in total. The van der Waals surface area contributed by atoms with Gasteiger partial charge in [-0.05, 0) is 32.3 Å². The van der Waals surface area contributed by atoms with Crippen molar-refractivity contribution in [2.75, 3.05) is 37.4 Å². The Labute approximate surface area is 211 Å². The SMILES string of the molecule is Cc1nc(N)nc(NC2CC(C(=O)N3CCOCC3)C(O)C2O)c1-c1nc2c(C3CC3)nccc2s1. The summed E-state index contributed by atoms with van der Waals surface area (Å²) in [7, 11) is 0. The average molecular weight is 512 g/mol. The Bertz CT molecular complexity index is 1310. The van der Waals surface area contributed by atoms with E-state index in [1.54, 1.807) is 4.90 Å². The second-order valence-electron chi connectivity index (χ2n) is 9.74. The van der Waals surface area contributed by atoms with Crippen LogP contribution in [-0.2, 0) is 9.53 Å². The largest absolute Gasteiger partial charge is 0.390 e. The number of fused-ring (bicyclic) bond motifs is 1. The number of carbonyl (C=O) groups excluding carboxylic acids is 1. The van der Waals surface area contributed by atoms with Crippen LogP contribution in [0.15, 0.2) is 12.3 Å². The van der Waals surface area contributed by atoms with E-state index in [0.29, 0.717) is 49.3 Å². The number of rotatable bonds is 5. The lowest BCUT2D eigenvalue weighted by Gasteiger charge is -2.30. The van der Waals surface area contributed by atoms with Gasteiger partial charge < -0.3 is 30.9 Å². The van der Waals surface area contributed by atoms with E-state index < -0.39 is 24.2 Å². The number of aryl methyl sites for hydroxylation is 1. The van der Waals surface area contributed by atoms with Gasteiger partial charge >= 0.3 is 0 Å². The number of nitrogen functional groups attached to an aromatic ring is 1. The highest BCUT2D eigenvalue weighted by atomic mass is 32.1. The van der Waals surface area contributed by atoms with Crippen molar-refractivity contribution in [1.29, 1.82) is 0 Å². The van der Waals surface area contributed by atoms with E-state index in [4.69, 9.17) is 15.5 Å². The summed E-state index contributed by atoms with van der Waals surface area (Å²) in [5.41, 5.74) is 9.26. The molecule has 1 amide bonds. The van der Waals surface area contributed by atoms with Gasteiger partial charge in [-0.25, -0.2) is 9.97 Å². The Morgan fingerprint density at radius 2 is 1.97 bits per heavy atom. The van der Waals surface area contributed by atoms with Gasteiger partial charge in [-0.1, -0.05) is 0 Å². The van der Waals surface area contributed by atoms with Crippen LogP contribution in [0.2, 0.25) is 0 Å². The fraction of sp³-hybridized carbons (Fsp3) is 0.542. The normalized spacial score (nSPS) is 26.5. The maximum Gasteiger partial charge on any atom is 0.228 e. The molecule has 4 atom stereocenters. The quantitative estimate of drug-likeness (QED) is 0.393. The number of morpholine rings is 1. The Morgan fingerprint density at radius 3 is 2.72 bits per heavy atom. The number of hydrogen-bond donors (Lipinski definition) is 4. The molecular formula is C24H29N7O4S. The van der Waals surface area contributed by atoms with Crippen molar-refractivity contribution in [3.05, 3.63) is 23.7 Å². The van der Waals surface area contributed by atoms with Crippen molar-refractivity contribution < 1.29 is 19.7 Å². The molecule has 11 nitrogen and oxygen atoms in total. The van der Waals surface area contributed by atoms with Crippen LogP contribution in [-0.4, -0.2) is 85.5 Å². The lowest BCUT2D eigenvalue weighted by molar-refractivity contribution is -0.143. The molecule has 3 fully saturated rings. The first-order valence-electron chi connectivity index (χ1n) is 12.3. The minimum atomic E-state index is -1.18. The molecule has 0 bridgehead atoms. The van der Waals surface area contributed by atoms with Gasteiger partial charge in [0, 0.05) is 25.2 Å². The van der Waals surface area contributed by atoms with Crippen LogP contribution in [0.4, 0.5) is 11.8 Å². The number of anilines is 2. The van der Waals surface area contributed by atoms with Crippen molar-refractivity contribution in [3.8, 4) is 10.6 Å². The summed E-state index contributed by atoms with van der Waals surface area (Å²) < 4.78 is 6.37. The Kier molecular flexibility index (Phi) is 5.98. The zero-order valence-electron chi connectivity index (χ0n) is 19.9. The van der Waals surface area contributed by atoms with Crippen LogP contribution in [0.5, 0.6) is 0 Å². The molecule has 2 aliphatic carbocycles. The second-order valence-corrected chi connectivity index (χ2v) is 10.8. The Morgan fingerprint density at radius 1 is 1.19 bits per heavy atom. The summed E-state index contributed by atoms with van der Waals surface area (Å²) in [6.45, 7) is 3.76.